The molecule has 1 aromatic heterocycles. The van der Waals surface area contributed by atoms with Gasteiger partial charge in [-0.1, -0.05) is 29.3 Å². The minimum absolute atomic E-state index is 0.00563. The third-order valence-electron chi connectivity index (χ3n) is 3.91. The maximum absolute atomic E-state index is 12.4. The van der Waals surface area contributed by atoms with E-state index in [-0.39, 0.29) is 17.6 Å². The average Bonchev–Trinajstić information content (AvgIpc) is 3.15. The van der Waals surface area contributed by atoms with Gasteiger partial charge in [-0.25, -0.2) is 0 Å². The average molecular weight is 399 g/mol. The molecule has 0 spiro atoms. The molecule has 0 atom stereocenters. The molecule has 0 saturated carbocycles. The second-order valence-electron chi connectivity index (χ2n) is 5.49. The van der Waals surface area contributed by atoms with Gasteiger partial charge in [0.2, 0.25) is 5.91 Å². The summed E-state index contributed by atoms with van der Waals surface area (Å²) in [5, 5.41) is 1.08. The number of carbonyl (C=O) groups is 2. The lowest BCUT2D eigenvalue weighted by atomic mass is 10.3. The summed E-state index contributed by atoms with van der Waals surface area (Å²) in [4.78, 5) is 28.8. The lowest BCUT2D eigenvalue weighted by Gasteiger charge is -2.34. The highest BCUT2D eigenvalue weighted by molar-refractivity contribution is 8.00. The van der Waals surface area contributed by atoms with Crippen LogP contribution in [-0.2, 0) is 4.79 Å². The van der Waals surface area contributed by atoms with Crippen LogP contribution >= 0.6 is 35.0 Å². The van der Waals surface area contributed by atoms with Gasteiger partial charge in [-0.15, -0.1) is 11.8 Å². The van der Waals surface area contributed by atoms with Gasteiger partial charge in [-0.2, -0.15) is 0 Å². The fourth-order valence-electron chi connectivity index (χ4n) is 2.56. The summed E-state index contributed by atoms with van der Waals surface area (Å²) in [6, 6.07) is 8.60. The molecule has 0 aliphatic carbocycles. The minimum Gasteiger partial charge on any atom is -0.459 e. The van der Waals surface area contributed by atoms with Gasteiger partial charge in [0.25, 0.3) is 5.91 Å². The number of hydrogen-bond acceptors (Lipinski definition) is 4. The fourth-order valence-corrected chi connectivity index (χ4v) is 4.15. The summed E-state index contributed by atoms with van der Waals surface area (Å²) in [5.41, 5.74) is 0. The Labute approximate surface area is 159 Å². The van der Waals surface area contributed by atoms with Gasteiger partial charge >= 0.3 is 0 Å². The van der Waals surface area contributed by atoms with Crippen LogP contribution in [0.3, 0.4) is 0 Å². The molecule has 2 amide bonds. The molecule has 0 N–H and O–H groups in total. The molecule has 1 saturated heterocycles. The largest absolute Gasteiger partial charge is 0.459 e. The van der Waals surface area contributed by atoms with Gasteiger partial charge in [0, 0.05) is 31.1 Å². The van der Waals surface area contributed by atoms with Crippen LogP contribution in [-0.4, -0.2) is 53.5 Å². The number of furan rings is 1. The van der Waals surface area contributed by atoms with Gasteiger partial charge < -0.3 is 14.2 Å². The predicted molar refractivity (Wildman–Crippen MR) is 98.4 cm³/mol. The number of rotatable bonds is 4. The van der Waals surface area contributed by atoms with Crippen molar-refractivity contribution in [1.82, 2.24) is 9.80 Å². The first-order chi connectivity index (χ1) is 12.1. The lowest BCUT2D eigenvalue weighted by molar-refractivity contribution is -0.129. The Morgan fingerprint density at radius 3 is 2.24 bits per heavy atom. The van der Waals surface area contributed by atoms with Gasteiger partial charge in [0.05, 0.1) is 22.1 Å². The molecule has 25 heavy (non-hydrogen) atoms. The summed E-state index contributed by atoms with van der Waals surface area (Å²) in [7, 11) is 0. The van der Waals surface area contributed by atoms with Crippen molar-refractivity contribution in [3.63, 3.8) is 0 Å². The molecule has 1 aromatic carbocycles. The van der Waals surface area contributed by atoms with E-state index in [4.69, 9.17) is 27.6 Å². The van der Waals surface area contributed by atoms with E-state index in [9.17, 15) is 9.59 Å². The third-order valence-corrected chi connectivity index (χ3v) is 5.88. The Morgan fingerprint density at radius 2 is 1.64 bits per heavy atom. The SMILES string of the molecule is O=C(CSc1c(Cl)cccc1Cl)N1CCN(C(=O)c2ccco2)CC1. The molecule has 3 rings (SSSR count). The molecular weight excluding hydrogens is 383 g/mol. The Morgan fingerprint density at radius 1 is 1.00 bits per heavy atom. The first-order valence-electron chi connectivity index (χ1n) is 7.73. The van der Waals surface area contributed by atoms with Gasteiger partial charge in [0.1, 0.15) is 0 Å². The van der Waals surface area contributed by atoms with Crippen LogP contribution in [0.4, 0.5) is 0 Å². The number of hydrogen-bond donors (Lipinski definition) is 0. The molecule has 1 aliphatic rings. The van der Waals surface area contributed by atoms with Gasteiger partial charge in [0.15, 0.2) is 5.76 Å². The second kappa shape index (κ2) is 8.17. The highest BCUT2D eigenvalue weighted by Crippen LogP contribution is 2.33. The Bertz CT molecular complexity index is 739. The molecule has 0 radical (unpaired) electrons. The fraction of sp³-hybridized carbons (Fsp3) is 0.294. The number of piperazine rings is 1. The predicted octanol–water partition coefficient (Wildman–Crippen LogP) is 3.66. The maximum atomic E-state index is 12.4. The van der Waals surface area contributed by atoms with Gasteiger partial charge in [-0.3, -0.25) is 9.59 Å². The first kappa shape index (κ1) is 18.2. The summed E-state index contributed by atoms with van der Waals surface area (Å²) >= 11 is 13.6. The number of benzene rings is 1. The van der Waals surface area contributed by atoms with Crippen LogP contribution in [0.1, 0.15) is 10.6 Å². The molecule has 1 fully saturated rings. The quantitative estimate of drug-likeness (QED) is 0.737. The zero-order chi connectivity index (χ0) is 17.8. The Kier molecular flexibility index (Phi) is 5.93. The number of thioether (sulfide) groups is 1. The van der Waals surface area contributed by atoms with Crippen LogP contribution < -0.4 is 0 Å². The minimum atomic E-state index is -0.144. The van der Waals surface area contributed by atoms with E-state index in [2.05, 4.69) is 0 Å². The van der Waals surface area contributed by atoms with Crippen molar-refractivity contribution in [2.45, 2.75) is 4.90 Å². The number of amides is 2. The third kappa shape index (κ3) is 4.32. The van der Waals surface area contributed by atoms with Crippen molar-refractivity contribution >= 4 is 46.8 Å². The van der Waals surface area contributed by atoms with E-state index in [1.165, 1.54) is 18.0 Å². The zero-order valence-electron chi connectivity index (χ0n) is 13.3. The van der Waals surface area contributed by atoms with Crippen molar-refractivity contribution in [2.75, 3.05) is 31.9 Å². The standard InChI is InChI=1S/C17H16Cl2N2O3S/c18-12-3-1-4-13(19)16(12)25-11-15(22)20-6-8-21(9-7-20)17(23)14-5-2-10-24-14/h1-5,10H,6-9,11H2. The van der Waals surface area contributed by atoms with Crippen LogP contribution in [0.2, 0.25) is 10.0 Å². The molecular formula is C17H16Cl2N2O3S. The van der Waals surface area contributed by atoms with Crippen LogP contribution in [0.5, 0.6) is 0 Å². The first-order valence-corrected chi connectivity index (χ1v) is 9.48. The van der Waals surface area contributed by atoms with E-state index >= 15 is 0 Å². The van der Waals surface area contributed by atoms with E-state index in [0.29, 0.717) is 46.9 Å². The normalized spacial score (nSPS) is 14.6. The molecule has 2 aromatic rings. The van der Waals surface area contributed by atoms with Crippen LogP contribution in [0.15, 0.2) is 45.9 Å². The van der Waals surface area contributed by atoms with Crippen molar-refractivity contribution in [3.8, 4) is 0 Å². The van der Waals surface area contributed by atoms with Crippen LogP contribution in [0.25, 0.3) is 0 Å². The van der Waals surface area contributed by atoms with Gasteiger partial charge in [-0.05, 0) is 24.3 Å². The molecule has 0 bridgehead atoms. The molecule has 8 heteroatoms. The summed E-state index contributed by atoms with van der Waals surface area (Å²) in [5.74, 6) is 0.444. The van der Waals surface area contributed by atoms with E-state index in [1.807, 2.05) is 0 Å². The van der Waals surface area contributed by atoms with Crippen molar-refractivity contribution < 1.29 is 14.0 Å². The molecule has 1 aliphatic heterocycles. The highest BCUT2D eigenvalue weighted by Gasteiger charge is 2.26. The summed E-state index contributed by atoms with van der Waals surface area (Å²) < 4.78 is 5.13. The van der Waals surface area contributed by atoms with Crippen molar-refractivity contribution in [1.29, 1.82) is 0 Å². The van der Waals surface area contributed by atoms with Crippen molar-refractivity contribution in [2.24, 2.45) is 0 Å². The Hall–Kier alpha value is -1.63. The topological polar surface area (TPSA) is 53.8 Å². The number of nitrogens with zero attached hydrogens (tertiary/aromatic N) is 2. The number of halogens is 2. The second-order valence-corrected chi connectivity index (χ2v) is 7.29. The molecule has 5 nitrogen and oxygen atoms in total. The Balaban J connectivity index is 1.51. The van der Waals surface area contributed by atoms with E-state index in [0.717, 1.165) is 0 Å². The number of carbonyl (C=O) groups excluding carboxylic acids is 2. The smallest absolute Gasteiger partial charge is 0.289 e. The van der Waals surface area contributed by atoms with Crippen molar-refractivity contribution in [3.05, 3.63) is 52.4 Å². The van der Waals surface area contributed by atoms with E-state index < -0.39 is 0 Å². The molecule has 132 valence electrons. The maximum Gasteiger partial charge on any atom is 0.289 e. The monoisotopic (exact) mass is 398 g/mol. The summed E-state index contributed by atoms with van der Waals surface area (Å²) in [6.07, 6.45) is 1.48. The van der Waals surface area contributed by atoms with Crippen LogP contribution in [0, 0.1) is 0 Å². The highest BCUT2D eigenvalue weighted by atomic mass is 35.5. The van der Waals surface area contributed by atoms with E-state index in [1.54, 1.807) is 40.1 Å². The zero-order valence-corrected chi connectivity index (χ0v) is 15.6. The molecule has 2 heterocycles. The summed E-state index contributed by atoms with van der Waals surface area (Å²) in [6.45, 7) is 1.98. The molecule has 0 unspecified atom stereocenters. The lowest BCUT2D eigenvalue weighted by Crippen LogP contribution is -2.51.